The summed E-state index contributed by atoms with van der Waals surface area (Å²) >= 11 is 5.31. The fourth-order valence-electron chi connectivity index (χ4n) is 2.66. The number of hydrogen-bond donors (Lipinski definition) is 2. The maximum atomic E-state index is 12.3. The van der Waals surface area contributed by atoms with Gasteiger partial charge in [0.05, 0.1) is 14.2 Å². The molecule has 2 aromatic heterocycles. The lowest BCUT2D eigenvalue weighted by molar-refractivity contribution is -0.121. The average Bonchev–Trinajstić information content (AvgIpc) is 3.11. The van der Waals surface area contributed by atoms with Gasteiger partial charge in [0.2, 0.25) is 11.8 Å². The second-order valence-corrected chi connectivity index (χ2v) is 6.35. The summed E-state index contributed by atoms with van der Waals surface area (Å²) in [5.41, 5.74) is 1.80. The van der Waals surface area contributed by atoms with Crippen molar-refractivity contribution >= 4 is 18.1 Å². The number of amides is 1. The standard InChI is InChI=1S/C19H21N5O3S/c1-26-15-5-3-14(4-6-15)18-22-23-19(28)24(18)10-8-16(25)21-12-13-7-9-20-17(11-13)27-2/h3-7,9,11H,8,10,12H2,1-2H3,(H,21,25)(H,23,28). The van der Waals surface area contributed by atoms with Gasteiger partial charge in [0.15, 0.2) is 10.6 Å². The van der Waals surface area contributed by atoms with E-state index in [1.54, 1.807) is 26.5 Å². The molecule has 2 heterocycles. The number of ether oxygens (including phenoxy) is 2. The van der Waals surface area contributed by atoms with Crippen molar-refractivity contribution in [3.05, 3.63) is 52.9 Å². The molecule has 2 N–H and O–H groups in total. The Labute approximate surface area is 167 Å². The molecule has 0 atom stereocenters. The SMILES string of the molecule is COc1ccc(-c2n[nH]c(=S)n2CCC(=O)NCc2ccnc(OC)c2)cc1. The first kappa shape index (κ1) is 19.6. The largest absolute Gasteiger partial charge is 0.497 e. The molecule has 3 rings (SSSR count). The number of benzene rings is 1. The third-order valence-electron chi connectivity index (χ3n) is 4.17. The van der Waals surface area contributed by atoms with Gasteiger partial charge in [-0.05, 0) is 48.1 Å². The number of rotatable bonds is 8. The molecule has 9 heteroatoms. The first-order valence-electron chi connectivity index (χ1n) is 8.66. The quantitative estimate of drug-likeness (QED) is 0.566. The predicted molar refractivity (Wildman–Crippen MR) is 107 cm³/mol. The summed E-state index contributed by atoms with van der Waals surface area (Å²) < 4.78 is 12.5. The minimum Gasteiger partial charge on any atom is -0.497 e. The zero-order valence-corrected chi connectivity index (χ0v) is 16.5. The van der Waals surface area contributed by atoms with Gasteiger partial charge in [0, 0.05) is 37.3 Å². The second kappa shape index (κ2) is 9.14. The van der Waals surface area contributed by atoms with Crippen molar-refractivity contribution < 1.29 is 14.3 Å². The van der Waals surface area contributed by atoms with Gasteiger partial charge in [-0.2, -0.15) is 5.10 Å². The highest BCUT2D eigenvalue weighted by Crippen LogP contribution is 2.21. The summed E-state index contributed by atoms with van der Waals surface area (Å²) in [5, 5.41) is 9.96. The van der Waals surface area contributed by atoms with Gasteiger partial charge >= 0.3 is 0 Å². The molecule has 0 fully saturated rings. The first-order chi connectivity index (χ1) is 13.6. The van der Waals surface area contributed by atoms with Crippen LogP contribution in [-0.2, 0) is 17.9 Å². The number of carbonyl (C=O) groups excluding carboxylic acids is 1. The zero-order valence-electron chi connectivity index (χ0n) is 15.6. The molecule has 0 saturated carbocycles. The Hall–Kier alpha value is -3.20. The molecule has 28 heavy (non-hydrogen) atoms. The lowest BCUT2D eigenvalue weighted by Gasteiger charge is -2.09. The summed E-state index contributed by atoms with van der Waals surface area (Å²) in [5.74, 6) is 1.87. The van der Waals surface area contributed by atoms with Crippen molar-refractivity contribution in [3.8, 4) is 23.0 Å². The average molecular weight is 399 g/mol. The molecule has 0 aliphatic carbocycles. The minimum atomic E-state index is -0.0837. The van der Waals surface area contributed by atoms with Crippen LogP contribution in [0.4, 0.5) is 0 Å². The summed E-state index contributed by atoms with van der Waals surface area (Å²) in [6, 6.07) is 11.1. The molecule has 0 bridgehead atoms. The molecule has 0 spiro atoms. The van der Waals surface area contributed by atoms with Gasteiger partial charge in [-0.3, -0.25) is 14.5 Å². The van der Waals surface area contributed by atoms with Crippen LogP contribution in [0.2, 0.25) is 0 Å². The van der Waals surface area contributed by atoms with Crippen LogP contribution < -0.4 is 14.8 Å². The lowest BCUT2D eigenvalue weighted by Crippen LogP contribution is -2.24. The van der Waals surface area contributed by atoms with Crippen molar-refractivity contribution in [2.75, 3.05) is 14.2 Å². The number of nitrogens with zero attached hydrogens (tertiary/aromatic N) is 3. The molecule has 146 valence electrons. The third-order valence-corrected chi connectivity index (χ3v) is 4.48. The van der Waals surface area contributed by atoms with Crippen molar-refractivity contribution in [2.24, 2.45) is 0 Å². The van der Waals surface area contributed by atoms with E-state index in [9.17, 15) is 4.79 Å². The molecule has 1 amide bonds. The number of methoxy groups -OCH3 is 2. The predicted octanol–water partition coefficient (Wildman–Crippen LogP) is 2.73. The van der Waals surface area contributed by atoms with Gasteiger partial charge < -0.3 is 14.8 Å². The molecule has 8 nitrogen and oxygen atoms in total. The Kier molecular flexibility index (Phi) is 6.38. The van der Waals surface area contributed by atoms with Crippen LogP contribution in [0.15, 0.2) is 42.6 Å². The van der Waals surface area contributed by atoms with E-state index in [0.717, 1.165) is 16.9 Å². The maximum absolute atomic E-state index is 12.3. The Balaban J connectivity index is 1.61. The van der Waals surface area contributed by atoms with Gasteiger partial charge in [0.1, 0.15) is 5.75 Å². The van der Waals surface area contributed by atoms with Crippen LogP contribution in [0.5, 0.6) is 11.6 Å². The van der Waals surface area contributed by atoms with Gasteiger partial charge in [-0.15, -0.1) is 0 Å². The van der Waals surface area contributed by atoms with Gasteiger partial charge in [0.25, 0.3) is 0 Å². The fraction of sp³-hybridized carbons (Fsp3) is 0.263. The Bertz CT molecular complexity index is 997. The van der Waals surface area contributed by atoms with E-state index in [1.165, 1.54) is 0 Å². The molecule has 0 aliphatic rings. The van der Waals surface area contributed by atoms with E-state index in [-0.39, 0.29) is 12.3 Å². The summed E-state index contributed by atoms with van der Waals surface area (Å²) in [4.78, 5) is 16.3. The monoisotopic (exact) mass is 399 g/mol. The summed E-state index contributed by atoms with van der Waals surface area (Å²) in [6.07, 6.45) is 1.92. The van der Waals surface area contributed by atoms with Gasteiger partial charge in [-0.1, -0.05) is 0 Å². The van der Waals surface area contributed by atoms with E-state index in [1.807, 2.05) is 34.9 Å². The maximum Gasteiger partial charge on any atom is 0.222 e. The van der Waals surface area contributed by atoms with Crippen molar-refractivity contribution in [1.29, 1.82) is 0 Å². The molecule has 3 aromatic rings. The highest BCUT2D eigenvalue weighted by atomic mass is 32.1. The van der Waals surface area contributed by atoms with E-state index < -0.39 is 0 Å². The van der Waals surface area contributed by atoms with Crippen molar-refractivity contribution in [3.63, 3.8) is 0 Å². The Morgan fingerprint density at radius 1 is 1.21 bits per heavy atom. The van der Waals surface area contributed by atoms with Crippen LogP contribution in [0.1, 0.15) is 12.0 Å². The topological polar surface area (TPSA) is 94.1 Å². The van der Waals surface area contributed by atoms with E-state index >= 15 is 0 Å². The van der Waals surface area contributed by atoms with Gasteiger partial charge in [-0.25, -0.2) is 4.98 Å². The van der Waals surface area contributed by atoms with E-state index in [2.05, 4.69) is 20.5 Å². The van der Waals surface area contributed by atoms with Crippen LogP contribution in [-0.4, -0.2) is 39.9 Å². The highest BCUT2D eigenvalue weighted by molar-refractivity contribution is 7.71. The third kappa shape index (κ3) is 4.74. The molecular formula is C19H21N5O3S. The number of hydrogen-bond acceptors (Lipinski definition) is 6. The zero-order chi connectivity index (χ0) is 19.9. The van der Waals surface area contributed by atoms with Crippen LogP contribution in [0, 0.1) is 4.77 Å². The molecule has 0 unspecified atom stereocenters. The first-order valence-corrected chi connectivity index (χ1v) is 9.07. The number of nitrogens with one attached hydrogen (secondary N) is 2. The molecule has 0 radical (unpaired) electrons. The molecular weight excluding hydrogens is 378 g/mol. The number of aromatic amines is 1. The van der Waals surface area contributed by atoms with Crippen LogP contribution >= 0.6 is 12.2 Å². The summed E-state index contributed by atoms with van der Waals surface area (Å²) in [7, 11) is 3.17. The van der Waals surface area contributed by atoms with Crippen molar-refractivity contribution in [2.45, 2.75) is 19.5 Å². The number of H-pyrrole nitrogens is 1. The number of pyridine rings is 1. The highest BCUT2D eigenvalue weighted by Gasteiger charge is 2.11. The molecule has 0 saturated heterocycles. The summed E-state index contributed by atoms with van der Waals surface area (Å²) in [6.45, 7) is 0.821. The van der Waals surface area contributed by atoms with Crippen molar-refractivity contribution in [1.82, 2.24) is 25.1 Å². The normalized spacial score (nSPS) is 10.5. The Morgan fingerprint density at radius 2 is 2.00 bits per heavy atom. The fourth-order valence-corrected chi connectivity index (χ4v) is 2.88. The van der Waals surface area contributed by atoms with Crippen LogP contribution in [0.25, 0.3) is 11.4 Å². The second-order valence-electron chi connectivity index (χ2n) is 5.97. The lowest BCUT2D eigenvalue weighted by atomic mass is 10.2. The smallest absolute Gasteiger partial charge is 0.222 e. The van der Waals surface area contributed by atoms with E-state index in [4.69, 9.17) is 21.7 Å². The van der Waals surface area contributed by atoms with Crippen LogP contribution in [0.3, 0.4) is 0 Å². The van der Waals surface area contributed by atoms with E-state index in [0.29, 0.717) is 29.6 Å². The number of carbonyl (C=O) groups is 1. The molecule has 0 aliphatic heterocycles. The minimum absolute atomic E-state index is 0.0837. The number of aromatic nitrogens is 4. The molecule has 1 aromatic carbocycles. The Morgan fingerprint density at radius 3 is 2.71 bits per heavy atom.